The molecular weight excluding hydrogens is 645 g/mol. The fraction of sp³-hybridized carbons (Fsp3) is 0.545. The minimum absolute atomic E-state index is 0.108. The number of imidazole rings is 2. The van der Waals surface area contributed by atoms with E-state index in [1.54, 1.807) is 4.57 Å². The highest BCUT2D eigenvalue weighted by Crippen LogP contribution is 2.71. The molecule has 4 aromatic rings. The number of nitrogens with two attached hydrogens (primary N) is 2. The number of alkyl halides is 1. The summed E-state index contributed by atoms with van der Waals surface area (Å²) >= 11 is 0. The first kappa shape index (κ1) is 29.0. The van der Waals surface area contributed by atoms with Crippen LogP contribution in [0.5, 0.6) is 0 Å². The number of nitrogens with one attached hydrogen (secondary N) is 1. The standard InChI is InChI=1S/C22H25FN10O10P2/c23-9-8-2-39-44(36)42-15-13(34)12(32-5-28-10-16(24)26-4-27-17(10)32)7-1-22(7,15)3-40-45(37,38)43-14(9)20(41-8)33-6-29-11-18(33)30-21(25)31-19(11)35/h4-9,12-15,20,34,44H,1-3H2,(H,37,38)(H2,24,26,27)(H3,25,30,31,35)/t7-,8-,9-,12-,13+,14-,15+,20-,22+/m1/s1. The van der Waals surface area contributed by atoms with Crippen LogP contribution < -0.4 is 17.0 Å². The molecule has 240 valence electrons. The smallest absolute Gasteiger partial charge is 0.388 e. The molecule has 6 heterocycles. The van der Waals surface area contributed by atoms with Gasteiger partial charge in [0.25, 0.3) is 5.56 Å². The zero-order valence-corrected chi connectivity index (χ0v) is 24.6. The average Bonchev–Trinajstić information content (AvgIpc) is 3.26. The van der Waals surface area contributed by atoms with Gasteiger partial charge in [0.05, 0.1) is 31.9 Å². The third-order valence-corrected chi connectivity index (χ3v) is 10.7. The minimum Gasteiger partial charge on any atom is -0.388 e. The predicted molar refractivity (Wildman–Crippen MR) is 147 cm³/mol. The van der Waals surface area contributed by atoms with E-state index in [2.05, 4.69) is 29.9 Å². The summed E-state index contributed by atoms with van der Waals surface area (Å²) in [6.45, 7) is -1.12. The molecule has 1 spiro atoms. The van der Waals surface area contributed by atoms with Crippen molar-refractivity contribution in [2.75, 3.05) is 24.7 Å². The van der Waals surface area contributed by atoms with Crippen molar-refractivity contribution in [1.82, 2.24) is 39.0 Å². The summed E-state index contributed by atoms with van der Waals surface area (Å²) in [6, 6.07) is -0.726. The second-order valence-electron chi connectivity index (χ2n) is 11.3. The van der Waals surface area contributed by atoms with E-state index >= 15 is 4.39 Å². The maximum atomic E-state index is 15.8. The van der Waals surface area contributed by atoms with E-state index < -0.39 is 89.0 Å². The Kier molecular flexibility index (Phi) is 6.49. The van der Waals surface area contributed by atoms with Crippen LogP contribution in [-0.4, -0.2) is 92.8 Å². The van der Waals surface area contributed by atoms with Crippen LogP contribution in [0.1, 0.15) is 18.7 Å². The van der Waals surface area contributed by atoms with Crippen molar-refractivity contribution >= 4 is 50.2 Å². The van der Waals surface area contributed by atoms with Crippen LogP contribution in [0.25, 0.3) is 22.3 Å². The van der Waals surface area contributed by atoms with Gasteiger partial charge in [-0.1, -0.05) is 0 Å². The number of phosphoric ester groups is 1. The van der Waals surface area contributed by atoms with Crippen molar-refractivity contribution in [1.29, 1.82) is 0 Å². The SMILES string of the molecule is Nc1nc2c(ncn2[C@@H]2O[C@@H]3CO[PH](=O)O[C@H]4[C@@H](O)[C@H](n5cnc6c(N)ncnc65)[C@H]5C[C@]54COP(=O)(O)O[C@@H]2[C@@H]3F)c(=O)[nH]1. The third kappa shape index (κ3) is 4.45. The number of aromatic amines is 1. The van der Waals surface area contributed by atoms with Crippen LogP contribution in [-0.2, 0) is 32.0 Å². The van der Waals surface area contributed by atoms with Crippen LogP contribution >= 0.6 is 16.1 Å². The van der Waals surface area contributed by atoms with E-state index in [-0.39, 0.29) is 22.9 Å². The van der Waals surface area contributed by atoms with E-state index in [4.69, 9.17) is 34.3 Å². The van der Waals surface area contributed by atoms with Gasteiger partial charge in [-0.15, -0.1) is 0 Å². The second kappa shape index (κ2) is 10.1. The molecule has 45 heavy (non-hydrogen) atoms. The summed E-state index contributed by atoms with van der Waals surface area (Å²) < 4.78 is 72.6. The molecule has 2 bridgehead atoms. The molecule has 23 heteroatoms. The second-order valence-corrected chi connectivity index (χ2v) is 13.7. The normalized spacial score (nSPS) is 40.0. The highest BCUT2D eigenvalue weighted by atomic mass is 31.2. The number of fused-ring (bicyclic) bond motifs is 4. The van der Waals surface area contributed by atoms with Gasteiger partial charge in [0.15, 0.2) is 35.0 Å². The monoisotopic (exact) mass is 670 g/mol. The maximum Gasteiger partial charge on any atom is 0.472 e. The molecule has 2 saturated carbocycles. The Morgan fingerprint density at radius 2 is 1.93 bits per heavy atom. The Balaban J connectivity index is 1.12. The van der Waals surface area contributed by atoms with Gasteiger partial charge in [0.1, 0.15) is 36.3 Å². The van der Waals surface area contributed by atoms with Crippen molar-refractivity contribution in [2.45, 2.75) is 49.3 Å². The fourth-order valence-electron chi connectivity index (χ4n) is 6.75. The lowest BCUT2D eigenvalue weighted by Gasteiger charge is -2.29. The van der Waals surface area contributed by atoms with E-state index in [1.165, 1.54) is 12.7 Å². The van der Waals surface area contributed by atoms with Gasteiger partial charge in [0, 0.05) is 5.41 Å². The summed E-state index contributed by atoms with van der Waals surface area (Å²) in [4.78, 5) is 45.8. The quantitative estimate of drug-likeness (QED) is 0.169. The van der Waals surface area contributed by atoms with Crippen LogP contribution in [0.4, 0.5) is 16.2 Å². The lowest BCUT2D eigenvalue weighted by Crippen LogP contribution is -2.37. The molecule has 2 unspecified atom stereocenters. The molecule has 4 aromatic heterocycles. The van der Waals surface area contributed by atoms with Gasteiger partial charge in [-0.25, -0.2) is 28.9 Å². The van der Waals surface area contributed by atoms with Crippen LogP contribution in [0, 0.1) is 11.3 Å². The van der Waals surface area contributed by atoms with Gasteiger partial charge in [0.2, 0.25) is 5.95 Å². The van der Waals surface area contributed by atoms with Gasteiger partial charge >= 0.3 is 16.1 Å². The highest BCUT2D eigenvalue weighted by Gasteiger charge is 2.73. The number of nitrogens with zero attached hydrogens (tertiary/aromatic N) is 7. The average molecular weight is 670 g/mol. The van der Waals surface area contributed by atoms with Crippen molar-refractivity contribution in [3.8, 4) is 0 Å². The van der Waals surface area contributed by atoms with Crippen molar-refractivity contribution in [3.05, 3.63) is 29.3 Å². The topological polar surface area (TPSA) is 280 Å². The van der Waals surface area contributed by atoms with Crippen molar-refractivity contribution in [3.63, 3.8) is 0 Å². The number of nitrogen functional groups attached to an aromatic ring is 2. The first-order valence-corrected chi connectivity index (χ1v) is 16.3. The zero-order valence-electron chi connectivity index (χ0n) is 22.7. The summed E-state index contributed by atoms with van der Waals surface area (Å²) in [5, 5.41) is 11.4. The van der Waals surface area contributed by atoms with Crippen LogP contribution in [0.15, 0.2) is 23.8 Å². The molecule has 2 aliphatic heterocycles. The molecule has 11 atom stereocenters. The molecule has 0 radical (unpaired) electrons. The maximum absolute atomic E-state index is 15.8. The van der Waals surface area contributed by atoms with Crippen LogP contribution in [0.3, 0.4) is 0 Å². The largest absolute Gasteiger partial charge is 0.472 e. The summed E-state index contributed by atoms with van der Waals surface area (Å²) in [7, 11) is -8.46. The number of hydrogen-bond acceptors (Lipinski definition) is 16. The van der Waals surface area contributed by atoms with Gasteiger partial charge in [-0.3, -0.25) is 28.0 Å². The number of aromatic nitrogens is 8. The van der Waals surface area contributed by atoms with Gasteiger partial charge < -0.3 is 39.8 Å². The molecule has 20 nitrogen and oxygen atoms in total. The number of hydrogen-bond donors (Lipinski definition) is 5. The van der Waals surface area contributed by atoms with E-state index in [0.29, 0.717) is 17.6 Å². The van der Waals surface area contributed by atoms with E-state index in [1.807, 2.05) is 0 Å². The Bertz CT molecular complexity index is 1980. The third-order valence-electron chi connectivity index (χ3n) is 8.85. The minimum atomic E-state index is -5.05. The van der Waals surface area contributed by atoms with Gasteiger partial charge in [-0.05, 0) is 12.3 Å². The Hall–Kier alpha value is -3.39. The summed E-state index contributed by atoms with van der Waals surface area (Å²) in [5.74, 6) is -0.550. The van der Waals surface area contributed by atoms with Crippen molar-refractivity contribution < 1.29 is 46.4 Å². The highest BCUT2D eigenvalue weighted by molar-refractivity contribution is 7.47. The molecule has 0 aromatic carbocycles. The molecule has 7 N–H and O–H groups in total. The number of rotatable bonds is 2. The number of aliphatic hydroxyl groups is 1. The van der Waals surface area contributed by atoms with E-state index in [0.717, 1.165) is 10.9 Å². The number of halogens is 1. The molecule has 2 aliphatic carbocycles. The fourth-order valence-corrected chi connectivity index (χ4v) is 8.69. The lowest BCUT2D eigenvalue weighted by molar-refractivity contribution is -0.0580. The lowest BCUT2D eigenvalue weighted by atomic mass is 10.0. The predicted octanol–water partition coefficient (Wildman–Crippen LogP) is -0.411. The molecule has 2 saturated heterocycles. The molecular formula is C22H25FN10O10P2. The first-order valence-electron chi connectivity index (χ1n) is 13.6. The van der Waals surface area contributed by atoms with E-state index in [9.17, 15) is 23.9 Å². The number of anilines is 2. The Labute approximate surface area is 250 Å². The molecule has 0 amide bonds. The molecule has 4 fully saturated rings. The number of ether oxygens (including phenoxy) is 1. The van der Waals surface area contributed by atoms with Crippen molar-refractivity contribution in [2.24, 2.45) is 11.3 Å². The number of phosphoric acid groups is 1. The number of aliphatic hydroxyl groups excluding tert-OH is 1. The zero-order chi connectivity index (χ0) is 31.4. The Morgan fingerprint density at radius 3 is 2.76 bits per heavy atom. The number of H-pyrrole nitrogens is 1. The summed E-state index contributed by atoms with van der Waals surface area (Å²) in [5.41, 5.74) is 10.2. The van der Waals surface area contributed by atoms with Crippen LogP contribution in [0.2, 0.25) is 0 Å². The molecule has 8 rings (SSSR count). The Morgan fingerprint density at radius 1 is 1.16 bits per heavy atom. The first-order chi connectivity index (χ1) is 21.5. The summed E-state index contributed by atoms with van der Waals surface area (Å²) in [6.07, 6.45) is -5.29. The van der Waals surface area contributed by atoms with Gasteiger partial charge in [-0.2, -0.15) is 4.98 Å². The molecule has 4 aliphatic rings.